The number of carbonyl (C=O) groups is 3. The van der Waals surface area contributed by atoms with Gasteiger partial charge in [-0.15, -0.1) is 0 Å². The van der Waals surface area contributed by atoms with Crippen molar-refractivity contribution in [3.05, 3.63) is 12.2 Å². The summed E-state index contributed by atoms with van der Waals surface area (Å²) in [5.41, 5.74) is -1.16. The van der Waals surface area contributed by atoms with Crippen LogP contribution in [0, 0.1) is 5.92 Å². The highest BCUT2D eigenvalue weighted by Gasteiger charge is 2.62. The standard InChI is InChI=1S/C19H28N2O8S/c1-27-18(24)19-10-13(19)7-5-3-4-6-8-28-12-16(22)21-11-14(29-30(2,25)26)9-15(21)17(23)20-19/h5,7,13-15H,3-4,6,8-12H2,1-2H3,(H,20,23). The number of hydrogen-bond donors (Lipinski definition) is 1. The molecule has 1 saturated carbocycles. The fraction of sp³-hybridized carbons (Fsp3) is 0.737. The van der Waals surface area contributed by atoms with Crippen molar-refractivity contribution in [3.63, 3.8) is 0 Å². The second kappa shape index (κ2) is 9.03. The molecule has 1 N–H and O–H groups in total. The number of fused-ring (bicyclic) bond motifs is 2. The molecule has 30 heavy (non-hydrogen) atoms. The van der Waals surface area contributed by atoms with Crippen LogP contribution in [-0.4, -0.2) is 81.9 Å². The number of hydrogen-bond acceptors (Lipinski definition) is 8. The first-order chi connectivity index (χ1) is 14.2. The molecule has 2 fully saturated rings. The molecule has 3 rings (SSSR count). The molecule has 1 saturated heterocycles. The molecule has 2 amide bonds. The van der Waals surface area contributed by atoms with E-state index in [1.807, 2.05) is 12.2 Å². The van der Waals surface area contributed by atoms with Crippen molar-refractivity contribution >= 4 is 27.9 Å². The topological polar surface area (TPSA) is 128 Å². The van der Waals surface area contributed by atoms with Gasteiger partial charge in [0.05, 0.1) is 19.5 Å². The lowest BCUT2D eigenvalue weighted by Gasteiger charge is -2.26. The fourth-order valence-electron chi connectivity index (χ4n) is 4.04. The first kappa shape index (κ1) is 22.7. The molecule has 4 unspecified atom stereocenters. The Morgan fingerprint density at radius 2 is 2.10 bits per heavy atom. The van der Waals surface area contributed by atoms with Gasteiger partial charge in [0.1, 0.15) is 18.2 Å². The molecule has 0 aromatic rings. The molecule has 0 radical (unpaired) electrons. The van der Waals surface area contributed by atoms with E-state index in [-0.39, 0.29) is 25.5 Å². The third-order valence-corrected chi connectivity index (χ3v) is 6.23. The Labute approximate surface area is 176 Å². The average Bonchev–Trinajstić information content (AvgIpc) is 3.20. The molecule has 10 nitrogen and oxygen atoms in total. The Morgan fingerprint density at radius 3 is 2.80 bits per heavy atom. The maximum atomic E-state index is 13.1. The number of rotatable bonds is 3. The maximum absolute atomic E-state index is 13.1. The first-order valence-electron chi connectivity index (χ1n) is 9.99. The molecule has 11 heteroatoms. The van der Waals surface area contributed by atoms with Gasteiger partial charge < -0.3 is 19.7 Å². The van der Waals surface area contributed by atoms with E-state index in [2.05, 4.69) is 5.32 Å². The van der Waals surface area contributed by atoms with Crippen LogP contribution in [0.2, 0.25) is 0 Å². The largest absolute Gasteiger partial charge is 0.467 e. The van der Waals surface area contributed by atoms with E-state index in [9.17, 15) is 22.8 Å². The van der Waals surface area contributed by atoms with Gasteiger partial charge in [-0.1, -0.05) is 12.2 Å². The van der Waals surface area contributed by atoms with Gasteiger partial charge in [-0.05, 0) is 25.7 Å². The van der Waals surface area contributed by atoms with Crippen LogP contribution in [0.15, 0.2) is 12.2 Å². The van der Waals surface area contributed by atoms with Crippen LogP contribution in [0.3, 0.4) is 0 Å². The van der Waals surface area contributed by atoms with Gasteiger partial charge >= 0.3 is 5.97 Å². The summed E-state index contributed by atoms with van der Waals surface area (Å²) in [7, 11) is -2.50. The Hall–Kier alpha value is -1.98. The highest BCUT2D eigenvalue weighted by atomic mass is 32.2. The SMILES string of the molecule is COC(=O)C12CC1C=CCCCCOCC(=O)N1CC(OS(C)(=O)=O)CC1C(=O)N2. The van der Waals surface area contributed by atoms with Crippen molar-refractivity contribution in [1.29, 1.82) is 0 Å². The molecule has 4 atom stereocenters. The predicted octanol–water partition coefficient (Wildman–Crippen LogP) is -0.263. The molecule has 0 bridgehead atoms. The van der Waals surface area contributed by atoms with Crippen molar-refractivity contribution in [1.82, 2.24) is 10.2 Å². The highest BCUT2D eigenvalue weighted by molar-refractivity contribution is 7.86. The molecule has 0 aromatic carbocycles. The molecular weight excluding hydrogens is 416 g/mol. The molecule has 3 aliphatic rings. The van der Waals surface area contributed by atoms with Crippen molar-refractivity contribution in [2.45, 2.75) is 49.8 Å². The Balaban J connectivity index is 1.83. The summed E-state index contributed by atoms with van der Waals surface area (Å²) >= 11 is 0. The summed E-state index contributed by atoms with van der Waals surface area (Å²) in [6.07, 6.45) is 6.81. The van der Waals surface area contributed by atoms with Crippen molar-refractivity contribution < 1.29 is 36.5 Å². The van der Waals surface area contributed by atoms with Gasteiger partial charge in [-0.2, -0.15) is 8.42 Å². The van der Waals surface area contributed by atoms with Crippen LogP contribution in [0.5, 0.6) is 0 Å². The summed E-state index contributed by atoms with van der Waals surface area (Å²) in [5, 5.41) is 2.76. The van der Waals surface area contributed by atoms with Crippen molar-refractivity contribution in [3.8, 4) is 0 Å². The molecule has 0 aromatic heterocycles. The minimum absolute atomic E-state index is 0.00238. The van der Waals surface area contributed by atoms with Gasteiger partial charge in [0.15, 0.2) is 0 Å². The minimum atomic E-state index is -3.76. The van der Waals surface area contributed by atoms with E-state index < -0.39 is 45.6 Å². The zero-order valence-corrected chi connectivity index (χ0v) is 18.0. The van der Waals surface area contributed by atoms with Crippen molar-refractivity contribution in [2.75, 3.05) is 33.1 Å². The maximum Gasteiger partial charge on any atom is 0.332 e. The van der Waals surface area contributed by atoms with Crippen LogP contribution in [0.25, 0.3) is 0 Å². The van der Waals surface area contributed by atoms with Crippen LogP contribution in [0.4, 0.5) is 0 Å². The quantitative estimate of drug-likeness (QED) is 0.358. The lowest BCUT2D eigenvalue weighted by atomic mass is 10.1. The Bertz CT molecular complexity index is 826. The smallest absolute Gasteiger partial charge is 0.332 e. The number of methoxy groups -OCH3 is 1. The number of ether oxygens (including phenoxy) is 2. The van der Waals surface area contributed by atoms with E-state index in [0.717, 1.165) is 25.5 Å². The van der Waals surface area contributed by atoms with Gasteiger partial charge in [-0.3, -0.25) is 13.8 Å². The lowest BCUT2D eigenvalue weighted by molar-refractivity contribution is -0.148. The van der Waals surface area contributed by atoms with E-state index >= 15 is 0 Å². The van der Waals surface area contributed by atoms with E-state index in [1.54, 1.807) is 0 Å². The van der Waals surface area contributed by atoms with E-state index in [1.165, 1.54) is 12.0 Å². The molecule has 1 aliphatic carbocycles. The highest BCUT2D eigenvalue weighted by Crippen LogP contribution is 2.46. The zero-order valence-electron chi connectivity index (χ0n) is 17.2. The van der Waals surface area contributed by atoms with Crippen LogP contribution >= 0.6 is 0 Å². The lowest BCUT2D eigenvalue weighted by Crippen LogP contribution is -2.53. The minimum Gasteiger partial charge on any atom is -0.467 e. The fourth-order valence-corrected chi connectivity index (χ4v) is 4.68. The Morgan fingerprint density at radius 1 is 1.33 bits per heavy atom. The molecule has 2 aliphatic heterocycles. The van der Waals surface area contributed by atoms with E-state index in [4.69, 9.17) is 13.7 Å². The number of nitrogens with one attached hydrogen (secondary N) is 1. The number of esters is 1. The van der Waals surface area contributed by atoms with Gasteiger partial charge in [-0.25, -0.2) is 4.79 Å². The average molecular weight is 445 g/mol. The summed E-state index contributed by atoms with van der Waals surface area (Å²) in [6, 6.07) is -0.968. The number of carbonyl (C=O) groups excluding carboxylic acids is 3. The summed E-state index contributed by atoms with van der Waals surface area (Å²) in [5.74, 6) is -1.71. The zero-order chi connectivity index (χ0) is 21.9. The second-order valence-electron chi connectivity index (χ2n) is 7.96. The molecular formula is C19H28N2O8S. The molecule has 168 valence electrons. The summed E-state index contributed by atoms with van der Waals surface area (Å²) in [4.78, 5) is 39.4. The number of amides is 2. The number of allylic oxidation sites excluding steroid dienone is 1. The van der Waals surface area contributed by atoms with Gasteiger partial charge in [0.25, 0.3) is 10.1 Å². The second-order valence-corrected chi connectivity index (χ2v) is 9.56. The monoisotopic (exact) mass is 444 g/mol. The molecule has 2 heterocycles. The van der Waals surface area contributed by atoms with E-state index in [0.29, 0.717) is 13.0 Å². The van der Waals surface area contributed by atoms with Crippen LogP contribution in [-0.2, 0) is 38.2 Å². The number of nitrogens with zero attached hydrogens (tertiary/aromatic N) is 1. The predicted molar refractivity (Wildman–Crippen MR) is 105 cm³/mol. The summed E-state index contributed by atoms with van der Waals surface area (Å²) in [6.45, 7) is 0.140. The Kier molecular flexibility index (Phi) is 6.83. The van der Waals surface area contributed by atoms with Crippen molar-refractivity contribution in [2.24, 2.45) is 5.92 Å². The van der Waals surface area contributed by atoms with Crippen LogP contribution < -0.4 is 5.32 Å². The first-order valence-corrected chi connectivity index (χ1v) is 11.8. The van der Waals surface area contributed by atoms with Crippen LogP contribution in [0.1, 0.15) is 32.1 Å². The summed E-state index contributed by atoms with van der Waals surface area (Å²) < 4.78 is 38.4. The van der Waals surface area contributed by atoms with Gasteiger partial charge in [0, 0.05) is 25.5 Å². The van der Waals surface area contributed by atoms with Gasteiger partial charge in [0.2, 0.25) is 11.8 Å². The third-order valence-electron chi connectivity index (χ3n) is 5.61. The molecule has 0 spiro atoms. The normalized spacial score (nSPS) is 33.0. The third kappa shape index (κ3) is 5.19.